The second kappa shape index (κ2) is 5.40. The van der Waals surface area contributed by atoms with E-state index in [1.54, 1.807) is 11.0 Å². The van der Waals surface area contributed by atoms with E-state index in [0.29, 0.717) is 6.04 Å². The van der Waals surface area contributed by atoms with Crippen molar-refractivity contribution < 1.29 is 0 Å². The number of aromatic nitrogens is 4. The first-order valence-corrected chi connectivity index (χ1v) is 7.30. The van der Waals surface area contributed by atoms with Gasteiger partial charge in [0.05, 0.1) is 16.4 Å². The molecule has 0 aliphatic heterocycles. The van der Waals surface area contributed by atoms with Crippen molar-refractivity contribution in [3.8, 4) is 5.69 Å². The summed E-state index contributed by atoms with van der Waals surface area (Å²) in [6.45, 7) is 4.57. The molecular weight excluding hydrogens is 274 g/mol. The van der Waals surface area contributed by atoms with E-state index < -0.39 is 0 Å². The number of benzene rings is 1. The molecule has 0 saturated heterocycles. The van der Waals surface area contributed by atoms with Gasteiger partial charge < -0.3 is 5.32 Å². The lowest BCUT2D eigenvalue weighted by molar-refractivity contribution is 0.212. The summed E-state index contributed by atoms with van der Waals surface area (Å²) in [7, 11) is 0. The third kappa shape index (κ3) is 2.63. The van der Waals surface area contributed by atoms with Crippen LogP contribution < -0.4 is 5.32 Å². The summed E-state index contributed by atoms with van der Waals surface area (Å²) in [4.78, 5) is 0. The molecule has 0 radical (unpaired) electrons. The summed E-state index contributed by atoms with van der Waals surface area (Å²) < 4.78 is 1.62. The molecule has 1 aliphatic rings. The van der Waals surface area contributed by atoms with Gasteiger partial charge in [0.2, 0.25) is 0 Å². The van der Waals surface area contributed by atoms with E-state index in [1.807, 2.05) is 18.2 Å². The quantitative estimate of drug-likeness (QED) is 0.940. The minimum atomic E-state index is 0.518. The van der Waals surface area contributed by atoms with Crippen molar-refractivity contribution in [3.05, 3.63) is 29.5 Å². The summed E-state index contributed by atoms with van der Waals surface area (Å²) in [5.41, 5.74) is 1.86. The average Bonchev–Trinajstić information content (AvgIpc) is 2.88. The molecule has 1 fully saturated rings. The first-order valence-electron chi connectivity index (χ1n) is 6.93. The van der Waals surface area contributed by atoms with Crippen LogP contribution in [0.5, 0.6) is 0 Å². The van der Waals surface area contributed by atoms with Gasteiger partial charge in [-0.15, -0.1) is 5.10 Å². The average molecular weight is 292 g/mol. The molecule has 0 atom stereocenters. The van der Waals surface area contributed by atoms with E-state index in [-0.39, 0.29) is 0 Å². The number of nitrogens with zero attached hydrogens (tertiary/aromatic N) is 4. The Labute approximate surface area is 123 Å². The van der Waals surface area contributed by atoms with Crippen molar-refractivity contribution in [3.63, 3.8) is 0 Å². The van der Waals surface area contributed by atoms with Crippen LogP contribution in [0.3, 0.4) is 0 Å². The minimum Gasteiger partial charge on any atom is -0.381 e. The molecule has 1 aromatic carbocycles. The second-order valence-electron chi connectivity index (χ2n) is 5.74. The van der Waals surface area contributed by atoms with Crippen molar-refractivity contribution in [2.45, 2.75) is 32.7 Å². The van der Waals surface area contributed by atoms with Crippen LogP contribution in [0.4, 0.5) is 5.69 Å². The van der Waals surface area contributed by atoms with Crippen LogP contribution in [-0.2, 0) is 0 Å². The normalized spacial score (nSPS) is 21.8. The van der Waals surface area contributed by atoms with Crippen molar-refractivity contribution >= 4 is 17.3 Å². The molecule has 0 amide bonds. The van der Waals surface area contributed by atoms with E-state index in [1.165, 1.54) is 12.8 Å². The number of hydrogen-bond donors (Lipinski definition) is 1. The number of halogens is 1. The molecule has 3 rings (SSSR count). The molecular formula is C14H18ClN5. The van der Waals surface area contributed by atoms with Crippen LogP contribution in [-0.4, -0.2) is 26.2 Å². The number of rotatable bonds is 4. The minimum absolute atomic E-state index is 0.518. The SMILES string of the molecule is CC(C)C1CC(Nc2cc(-n3cnnn3)ccc2Cl)C1. The highest BCUT2D eigenvalue weighted by Crippen LogP contribution is 2.37. The Balaban J connectivity index is 1.72. The van der Waals surface area contributed by atoms with E-state index in [0.717, 1.165) is 28.2 Å². The largest absolute Gasteiger partial charge is 0.381 e. The molecule has 6 heteroatoms. The molecule has 0 unspecified atom stereocenters. The highest BCUT2D eigenvalue weighted by Gasteiger charge is 2.31. The highest BCUT2D eigenvalue weighted by molar-refractivity contribution is 6.33. The van der Waals surface area contributed by atoms with Crippen LogP contribution in [0, 0.1) is 11.8 Å². The van der Waals surface area contributed by atoms with E-state index in [4.69, 9.17) is 11.6 Å². The Morgan fingerprint density at radius 2 is 2.15 bits per heavy atom. The van der Waals surface area contributed by atoms with Crippen molar-refractivity contribution in [1.82, 2.24) is 20.2 Å². The molecule has 1 heterocycles. The van der Waals surface area contributed by atoms with E-state index >= 15 is 0 Å². The molecule has 1 aromatic heterocycles. The topological polar surface area (TPSA) is 55.6 Å². The van der Waals surface area contributed by atoms with Gasteiger partial charge in [0, 0.05) is 6.04 Å². The molecule has 20 heavy (non-hydrogen) atoms. The van der Waals surface area contributed by atoms with E-state index in [9.17, 15) is 0 Å². The maximum absolute atomic E-state index is 6.26. The predicted molar refractivity (Wildman–Crippen MR) is 79.1 cm³/mol. The number of tetrazole rings is 1. The van der Waals surface area contributed by atoms with E-state index in [2.05, 4.69) is 34.7 Å². The van der Waals surface area contributed by atoms with Crippen molar-refractivity contribution in [2.24, 2.45) is 11.8 Å². The maximum atomic E-state index is 6.26. The van der Waals surface area contributed by atoms with Crippen LogP contribution in [0.1, 0.15) is 26.7 Å². The van der Waals surface area contributed by atoms with Gasteiger partial charge in [-0.05, 0) is 53.3 Å². The highest BCUT2D eigenvalue weighted by atomic mass is 35.5. The van der Waals surface area contributed by atoms with Crippen LogP contribution in [0.15, 0.2) is 24.5 Å². The molecule has 0 bridgehead atoms. The molecule has 1 aliphatic carbocycles. The lowest BCUT2D eigenvalue weighted by Gasteiger charge is -2.39. The fourth-order valence-electron chi connectivity index (χ4n) is 2.59. The Morgan fingerprint density at radius 3 is 2.80 bits per heavy atom. The standard InChI is InChI=1S/C14H18ClN5/c1-9(2)10-5-11(6-10)17-14-7-12(3-4-13(14)15)20-8-16-18-19-20/h3-4,7-11,17H,5-6H2,1-2H3. The van der Waals surface area contributed by atoms with Gasteiger partial charge in [-0.2, -0.15) is 0 Å². The van der Waals surface area contributed by atoms with Gasteiger partial charge in [0.25, 0.3) is 0 Å². The van der Waals surface area contributed by atoms with Gasteiger partial charge >= 0.3 is 0 Å². The monoisotopic (exact) mass is 291 g/mol. The number of hydrogen-bond acceptors (Lipinski definition) is 4. The Bertz CT molecular complexity index is 575. The van der Waals surface area contributed by atoms with Crippen LogP contribution in [0.25, 0.3) is 5.69 Å². The van der Waals surface area contributed by atoms with Gasteiger partial charge in [-0.3, -0.25) is 0 Å². The zero-order valence-corrected chi connectivity index (χ0v) is 12.4. The molecule has 1 N–H and O–H groups in total. The zero-order chi connectivity index (χ0) is 14.1. The lowest BCUT2D eigenvalue weighted by atomic mass is 9.73. The number of nitrogens with one attached hydrogen (secondary N) is 1. The number of anilines is 1. The molecule has 5 nitrogen and oxygen atoms in total. The van der Waals surface area contributed by atoms with Crippen LogP contribution in [0.2, 0.25) is 5.02 Å². The molecule has 106 valence electrons. The predicted octanol–water partition coefficient (Wildman–Crippen LogP) is 3.16. The molecule has 0 spiro atoms. The summed E-state index contributed by atoms with van der Waals surface area (Å²) in [6, 6.07) is 6.28. The fourth-order valence-corrected chi connectivity index (χ4v) is 2.76. The Kier molecular flexibility index (Phi) is 3.61. The zero-order valence-electron chi connectivity index (χ0n) is 11.6. The second-order valence-corrected chi connectivity index (χ2v) is 6.14. The molecule has 1 saturated carbocycles. The van der Waals surface area contributed by atoms with Crippen molar-refractivity contribution in [1.29, 1.82) is 0 Å². The summed E-state index contributed by atoms with van der Waals surface area (Å²) in [5.74, 6) is 1.59. The van der Waals surface area contributed by atoms with Crippen LogP contribution >= 0.6 is 11.6 Å². The Morgan fingerprint density at radius 1 is 1.35 bits per heavy atom. The Hall–Kier alpha value is -1.62. The van der Waals surface area contributed by atoms with Gasteiger partial charge in [-0.25, -0.2) is 4.68 Å². The molecule has 2 aromatic rings. The summed E-state index contributed by atoms with van der Waals surface area (Å²) in [5, 5.41) is 15.4. The smallest absolute Gasteiger partial charge is 0.143 e. The lowest BCUT2D eigenvalue weighted by Crippen LogP contribution is -2.37. The van der Waals surface area contributed by atoms with Gasteiger partial charge in [0.15, 0.2) is 0 Å². The van der Waals surface area contributed by atoms with Gasteiger partial charge in [0.1, 0.15) is 6.33 Å². The maximum Gasteiger partial charge on any atom is 0.143 e. The first-order chi connectivity index (χ1) is 9.63. The first kappa shape index (κ1) is 13.4. The fraction of sp³-hybridized carbons (Fsp3) is 0.500. The third-order valence-electron chi connectivity index (χ3n) is 4.04. The third-order valence-corrected chi connectivity index (χ3v) is 4.37. The summed E-state index contributed by atoms with van der Waals surface area (Å²) in [6.07, 6.45) is 4.00. The van der Waals surface area contributed by atoms with Gasteiger partial charge in [-0.1, -0.05) is 25.4 Å². The van der Waals surface area contributed by atoms with Crippen molar-refractivity contribution in [2.75, 3.05) is 5.32 Å². The summed E-state index contributed by atoms with van der Waals surface area (Å²) >= 11 is 6.26.